The van der Waals surface area contributed by atoms with E-state index in [1.807, 2.05) is 43.5 Å². The second-order valence-electron chi connectivity index (χ2n) is 5.37. The number of hydrogen-bond donors (Lipinski definition) is 4. The van der Waals surface area contributed by atoms with Crippen LogP contribution < -0.4 is 26.8 Å². The number of fused-ring (bicyclic) bond motifs is 1. The average molecular weight is 348 g/mol. The molecule has 0 fully saturated rings. The maximum absolute atomic E-state index is 9.35. The number of guanidine groups is 1. The summed E-state index contributed by atoms with van der Waals surface area (Å²) in [5.41, 5.74) is 13.6. The summed E-state index contributed by atoms with van der Waals surface area (Å²) in [6.07, 6.45) is 1.81. The lowest BCUT2D eigenvalue weighted by Crippen LogP contribution is -2.32. The van der Waals surface area contributed by atoms with Crippen LogP contribution in [0.15, 0.2) is 29.3 Å². The Kier molecular flexibility index (Phi) is 4.46. The topological polar surface area (TPSA) is 158 Å². The molecule has 1 aromatic carbocycles. The molecule has 9 nitrogen and oxygen atoms in total. The summed E-state index contributed by atoms with van der Waals surface area (Å²) in [6.45, 7) is 2.35. The monoisotopic (exact) mass is 348 g/mol. The number of anilines is 3. The van der Waals surface area contributed by atoms with Crippen LogP contribution in [0, 0.1) is 22.8 Å². The summed E-state index contributed by atoms with van der Waals surface area (Å²) in [7, 11) is 0. The van der Waals surface area contributed by atoms with Gasteiger partial charge in [0, 0.05) is 11.1 Å². The first-order chi connectivity index (χ1) is 12.6. The minimum Gasteiger partial charge on any atom is -0.494 e. The lowest BCUT2D eigenvalue weighted by molar-refractivity contribution is 0.335. The van der Waals surface area contributed by atoms with Crippen molar-refractivity contribution in [2.75, 3.05) is 23.4 Å². The molecule has 1 aromatic heterocycles. The number of hydrogen-bond acceptors (Lipinski definition) is 9. The SMILES string of the molecule is CCOc1ccccc1C1N=C(NC#N)Nc2nc(N)c(C#N)c(N)c21. The standard InChI is InChI=1S/C17H16N8O/c1-2-26-11-6-4-3-5-9(11)14-12-13(20)10(7-18)15(21)24-16(12)25-17(23-14)22-8-19/h3-6,14H,2H2,1H3,(H6,20,21,22,23,24,25). The highest BCUT2D eigenvalue weighted by Crippen LogP contribution is 2.42. The second kappa shape index (κ2) is 6.87. The Morgan fingerprint density at radius 3 is 2.77 bits per heavy atom. The number of aromatic nitrogens is 1. The van der Waals surface area contributed by atoms with Crippen molar-refractivity contribution < 1.29 is 4.74 Å². The molecule has 26 heavy (non-hydrogen) atoms. The van der Waals surface area contributed by atoms with Crippen molar-refractivity contribution in [1.29, 1.82) is 10.5 Å². The summed E-state index contributed by atoms with van der Waals surface area (Å²) in [5, 5.41) is 23.6. The van der Waals surface area contributed by atoms with E-state index in [-0.39, 0.29) is 23.0 Å². The summed E-state index contributed by atoms with van der Waals surface area (Å²) in [6, 6.07) is 8.71. The highest BCUT2D eigenvalue weighted by molar-refractivity contribution is 5.98. The van der Waals surface area contributed by atoms with Gasteiger partial charge in [-0.1, -0.05) is 18.2 Å². The third kappa shape index (κ3) is 2.78. The van der Waals surface area contributed by atoms with Gasteiger partial charge in [-0.05, 0) is 13.0 Å². The van der Waals surface area contributed by atoms with Gasteiger partial charge in [0.1, 0.15) is 35.1 Å². The van der Waals surface area contributed by atoms with Crippen LogP contribution in [0.1, 0.15) is 29.7 Å². The fourth-order valence-corrected chi connectivity index (χ4v) is 2.80. The van der Waals surface area contributed by atoms with Crippen molar-refractivity contribution >= 4 is 23.3 Å². The van der Waals surface area contributed by atoms with E-state index >= 15 is 0 Å². The van der Waals surface area contributed by atoms with Crippen molar-refractivity contribution in [3.63, 3.8) is 0 Å². The van der Waals surface area contributed by atoms with Crippen LogP contribution in [-0.2, 0) is 0 Å². The zero-order valence-electron chi connectivity index (χ0n) is 13.9. The largest absolute Gasteiger partial charge is 0.494 e. The lowest BCUT2D eigenvalue weighted by Gasteiger charge is -2.27. The zero-order valence-corrected chi connectivity index (χ0v) is 13.9. The first-order valence-corrected chi connectivity index (χ1v) is 7.81. The number of rotatable bonds is 3. The molecule has 2 heterocycles. The molecule has 0 amide bonds. The molecule has 1 unspecified atom stereocenters. The van der Waals surface area contributed by atoms with Gasteiger partial charge in [0.05, 0.1) is 12.3 Å². The molecular weight excluding hydrogens is 332 g/mol. The van der Waals surface area contributed by atoms with E-state index in [0.717, 1.165) is 5.56 Å². The number of nitrogens with one attached hydrogen (secondary N) is 2. The normalized spacial score (nSPS) is 14.9. The van der Waals surface area contributed by atoms with Gasteiger partial charge in [0.25, 0.3) is 0 Å². The van der Waals surface area contributed by atoms with Gasteiger partial charge < -0.3 is 21.5 Å². The quantitative estimate of drug-likeness (QED) is 0.479. The molecular formula is C17H16N8O. The molecule has 9 heteroatoms. The maximum atomic E-state index is 9.35. The van der Waals surface area contributed by atoms with E-state index in [0.29, 0.717) is 23.7 Å². The van der Waals surface area contributed by atoms with Crippen LogP contribution >= 0.6 is 0 Å². The lowest BCUT2D eigenvalue weighted by atomic mass is 9.94. The van der Waals surface area contributed by atoms with Crippen LogP contribution in [0.2, 0.25) is 0 Å². The summed E-state index contributed by atoms with van der Waals surface area (Å²) in [4.78, 5) is 8.74. The summed E-state index contributed by atoms with van der Waals surface area (Å²) < 4.78 is 5.69. The first-order valence-electron chi connectivity index (χ1n) is 7.81. The average Bonchev–Trinajstić information content (AvgIpc) is 2.62. The molecule has 0 spiro atoms. The van der Waals surface area contributed by atoms with Crippen molar-refractivity contribution in [1.82, 2.24) is 10.3 Å². The molecule has 130 valence electrons. The van der Waals surface area contributed by atoms with Crippen molar-refractivity contribution in [2.24, 2.45) is 4.99 Å². The van der Waals surface area contributed by atoms with E-state index in [9.17, 15) is 5.26 Å². The Balaban J connectivity index is 2.26. The predicted octanol–water partition coefficient (Wildman–Crippen LogP) is 1.46. The number of nitrogen functional groups attached to an aromatic ring is 2. The molecule has 1 aliphatic rings. The minimum absolute atomic E-state index is 0.00583. The molecule has 6 N–H and O–H groups in total. The first kappa shape index (κ1) is 16.9. The molecule has 0 bridgehead atoms. The van der Waals surface area contributed by atoms with E-state index < -0.39 is 6.04 Å². The van der Waals surface area contributed by atoms with Gasteiger partial charge in [0.15, 0.2) is 6.19 Å². The van der Waals surface area contributed by atoms with Crippen LogP contribution in [0.5, 0.6) is 5.75 Å². The summed E-state index contributed by atoms with van der Waals surface area (Å²) >= 11 is 0. The van der Waals surface area contributed by atoms with Crippen LogP contribution in [-0.4, -0.2) is 17.6 Å². The fraction of sp³-hybridized carbons (Fsp3) is 0.176. The number of aliphatic imine (C=N–C) groups is 1. The minimum atomic E-state index is -0.620. The molecule has 0 aliphatic carbocycles. The van der Waals surface area contributed by atoms with Crippen LogP contribution in [0.25, 0.3) is 0 Å². The number of benzene rings is 1. The Morgan fingerprint density at radius 2 is 2.08 bits per heavy atom. The summed E-state index contributed by atoms with van der Waals surface area (Å²) in [5.74, 6) is 1.17. The van der Waals surface area contributed by atoms with E-state index in [4.69, 9.17) is 21.5 Å². The fourth-order valence-electron chi connectivity index (χ4n) is 2.80. The second-order valence-corrected chi connectivity index (χ2v) is 5.37. The molecule has 0 saturated carbocycles. The number of nitrogens with two attached hydrogens (primary N) is 2. The van der Waals surface area contributed by atoms with Crippen molar-refractivity contribution in [3.8, 4) is 18.0 Å². The van der Waals surface area contributed by atoms with Crippen LogP contribution in [0.4, 0.5) is 17.3 Å². The Labute approximate surface area is 149 Å². The predicted molar refractivity (Wildman–Crippen MR) is 97.0 cm³/mol. The smallest absolute Gasteiger partial charge is 0.211 e. The highest BCUT2D eigenvalue weighted by atomic mass is 16.5. The molecule has 3 rings (SSSR count). The van der Waals surface area contributed by atoms with Crippen molar-refractivity contribution in [2.45, 2.75) is 13.0 Å². The third-order valence-corrected chi connectivity index (χ3v) is 3.87. The number of nitrogens with zero attached hydrogens (tertiary/aromatic N) is 4. The van der Waals surface area contributed by atoms with Gasteiger partial charge in [-0.25, -0.2) is 9.98 Å². The van der Waals surface area contributed by atoms with Gasteiger partial charge in [-0.3, -0.25) is 5.32 Å². The Hall–Kier alpha value is -3.98. The molecule has 0 saturated heterocycles. The van der Waals surface area contributed by atoms with Gasteiger partial charge in [-0.2, -0.15) is 10.5 Å². The molecule has 1 aliphatic heterocycles. The van der Waals surface area contributed by atoms with Gasteiger partial charge in [-0.15, -0.1) is 0 Å². The van der Waals surface area contributed by atoms with Gasteiger partial charge in [0.2, 0.25) is 5.96 Å². The zero-order chi connectivity index (χ0) is 18.7. The van der Waals surface area contributed by atoms with Crippen LogP contribution in [0.3, 0.4) is 0 Å². The third-order valence-electron chi connectivity index (χ3n) is 3.87. The Bertz CT molecular complexity index is 970. The van der Waals surface area contributed by atoms with E-state index in [2.05, 4.69) is 20.6 Å². The number of nitriles is 2. The highest BCUT2D eigenvalue weighted by Gasteiger charge is 2.31. The van der Waals surface area contributed by atoms with Crippen molar-refractivity contribution in [3.05, 3.63) is 41.0 Å². The number of para-hydroxylation sites is 1. The Morgan fingerprint density at radius 1 is 1.31 bits per heavy atom. The van der Waals surface area contributed by atoms with E-state index in [1.54, 1.807) is 0 Å². The van der Waals surface area contributed by atoms with Gasteiger partial charge >= 0.3 is 0 Å². The maximum Gasteiger partial charge on any atom is 0.211 e. The van der Waals surface area contributed by atoms with E-state index in [1.165, 1.54) is 0 Å². The molecule has 2 aromatic rings. The molecule has 1 atom stereocenters. The molecule has 0 radical (unpaired) electrons. The number of ether oxygens (including phenoxy) is 1. The number of pyridine rings is 1.